The van der Waals surface area contributed by atoms with Crippen molar-refractivity contribution in [3.63, 3.8) is 0 Å². The minimum absolute atomic E-state index is 0.295. The van der Waals surface area contributed by atoms with Crippen LogP contribution in [0, 0.1) is 19.7 Å². The van der Waals surface area contributed by atoms with Crippen molar-refractivity contribution in [3.8, 4) is 0 Å². The average Bonchev–Trinajstić information content (AvgIpc) is 3.10. The standard InChI is InChI=1S/C23H25BBrF3N2/c1-7-16-12(3)22-20(18-10-9-11-19(26)21(18)25)23-13(4)17(8-2)15(6)30(23)24(27,28)29(22)14(16)5/h9-11H,7-8H2,1-6H3. The summed E-state index contributed by atoms with van der Waals surface area (Å²) < 4.78 is 49.5. The van der Waals surface area contributed by atoms with Gasteiger partial charge in [0.1, 0.15) is 11.5 Å². The number of benzene rings is 1. The third-order valence-electron chi connectivity index (χ3n) is 6.72. The molecule has 158 valence electrons. The summed E-state index contributed by atoms with van der Waals surface area (Å²) in [6.07, 6.45) is 1.32. The molecule has 2 nitrogen and oxygen atoms in total. The number of allylic oxidation sites excluding steroid dienone is 2. The smallest absolute Gasteiger partial charge is 0.393 e. The highest BCUT2D eigenvalue weighted by molar-refractivity contribution is 9.10. The van der Waals surface area contributed by atoms with Gasteiger partial charge in [-0.15, -0.1) is 0 Å². The largest absolute Gasteiger partial charge is 0.737 e. The first-order chi connectivity index (χ1) is 14.1. The van der Waals surface area contributed by atoms with E-state index in [1.807, 2.05) is 27.7 Å². The molecule has 0 bridgehead atoms. The zero-order valence-electron chi connectivity index (χ0n) is 18.1. The SMILES string of the molecule is CCC1=C(C)C2=C(c3cccc(F)c3Br)c3c(C)c(CC)c(C)n3[B-](F)(F)[N+]2=C1C. The molecule has 3 heterocycles. The molecule has 4 rings (SSSR count). The van der Waals surface area contributed by atoms with Gasteiger partial charge in [0.15, 0.2) is 5.70 Å². The molecule has 0 atom stereocenters. The molecule has 2 aliphatic rings. The Balaban J connectivity index is 2.27. The predicted octanol–water partition coefficient (Wildman–Crippen LogP) is 6.78. The fourth-order valence-electron chi connectivity index (χ4n) is 5.43. The van der Waals surface area contributed by atoms with Gasteiger partial charge in [-0.1, -0.05) is 26.0 Å². The van der Waals surface area contributed by atoms with Crippen molar-refractivity contribution in [1.82, 2.24) is 4.48 Å². The Morgan fingerprint density at radius 1 is 1.07 bits per heavy atom. The zero-order valence-corrected chi connectivity index (χ0v) is 19.7. The van der Waals surface area contributed by atoms with E-state index < -0.39 is 12.8 Å². The van der Waals surface area contributed by atoms with Crippen LogP contribution in [0.5, 0.6) is 0 Å². The van der Waals surface area contributed by atoms with E-state index in [0.29, 0.717) is 51.2 Å². The summed E-state index contributed by atoms with van der Waals surface area (Å²) in [5.74, 6) is -0.408. The second-order valence-electron chi connectivity index (χ2n) is 8.09. The molecule has 30 heavy (non-hydrogen) atoms. The van der Waals surface area contributed by atoms with Gasteiger partial charge >= 0.3 is 6.97 Å². The van der Waals surface area contributed by atoms with Gasteiger partial charge in [-0.05, 0) is 72.4 Å². The molecule has 0 saturated carbocycles. The first kappa shape index (κ1) is 21.2. The minimum Gasteiger partial charge on any atom is -0.393 e. The maximum absolute atomic E-state index is 16.1. The summed E-state index contributed by atoms with van der Waals surface area (Å²) in [7, 11) is 0. The van der Waals surface area contributed by atoms with E-state index in [1.54, 1.807) is 26.0 Å². The number of fused-ring (bicyclic) bond motifs is 2. The molecule has 0 N–H and O–H groups in total. The predicted molar refractivity (Wildman–Crippen MR) is 121 cm³/mol. The van der Waals surface area contributed by atoms with Crippen molar-refractivity contribution in [2.24, 2.45) is 0 Å². The first-order valence-electron chi connectivity index (χ1n) is 10.3. The Bertz CT molecular complexity index is 1200. The number of rotatable bonds is 3. The number of aromatic nitrogens is 1. The van der Waals surface area contributed by atoms with Crippen molar-refractivity contribution < 1.29 is 17.5 Å². The molecule has 1 aromatic heterocycles. The van der Waals surface area contributed by atoms with Gasteiger partial charge in [-0.2, -0.15) is 0 Å². The topological polar surface area (TPSA) is 7.94 Å². The number of hydrogen-bond acceptors (Lipinski definition) is 0. The van der Waals surface area contributed by atoms with E-state index in [0.717, 1.165) is 22.3 Å². The molecule has 1 aromatic carbocycles. The van der Waals surface area contributed by atoms with Crippen LogP contribution < -0.4 is 0 Å². The Hall–Kier alpha value is -2.02. The molecule has 2 aliphatic heterocycles. The third-order valence-corrected chi connectivity index (χ3v) is 7.52. The van der Waals surface area contributed by atoms with Crippen molar-refractivity contribution >= 4 is 34.2 Å². The van der Waals surface area contributed by atoms with E-state index >= 15 is 8.63 Å². The van der Waals surface area contributed by atoms with Crippen LogP contribution in [-0.2, 0) is 6.42 Å². The van der Waals surface area contributed by atoms with E-state index in [-0.39, 0.29) is 0 Å². The van der Waals surface area contributed by atoms with Gasteiger partial charge in [0, 0.05) is 29.3 Å². The Morgan fingerprint density at radius 2 is 1.73 bits per heavy atom. The zero-order chi connectivity index (χ0) is 22.1. The second kappa shape index (κ2) is 7.01. The van der Waals surface area contributed by atoms with Gasteiger partial charge in [-0.25, -0.2) is 4.39 Å². The highest BCUT2D eigenvalue weighted by Crippen LogP contribution is 2.48. The molecular formula is C23H25BBrF3N2. The molecule has 0 unspecified atom stereocenters. The lowest BCUT2D eigenvalue weighted by molar-refractivity contribution is -0.363. The Morgan fingerprint density at radius 3 is 2.33 bits per heavy atom. The fourth-order valence-corrected chi connectivity index (χ4v) is 5.89. The van der Waals surface area contributed by atoms with Crippen molar-refractivity contribution in [2.75, 3.05) is 0 Å². The van der Waals surface area contributed by atoms with Crippen molar-refractivity contribution in [2.45, 2.75) is 54.4 Å². The minimum atomic E-state index is -4.07. The quantitative estimate of drug-likeness (QED) is 0.431. The third kappa shape index (κ3) is 2.54. The lowest BCUT2D eigenvalue weighted by Crippen LogP contribution is -2.51. The summed E-state index contributed by atoms with van der Waals surface area (Å²) in [6.45, 7) is 7.22. The highest BCUT2D eigenvalue weighted by atomic mass is 79.9. The lowest BCUT2D eigenvalue weighted by Gasteiger charge is -2.34. The van der Waals surface area contributed by atoms with Gasteiger partial charge in [0.05, 0.1) is 10.0 Å². The molecule has 0 aliphatic carbocycles. The molecule has 0 amide bonds. The fraction of sp³-hybridized carbons (Fsp3) is 0.348. The molecule has 0 spiro atoms. The van der Waals surface area contributed by atoms with Crippen molar-refractivity contribution in [3.05, 3.63) is 73.4 Å². The molecule has 2 aromatic rings. The normalized spacial score (nSPS) is 17.8. The number of halogens is 4. The lowest BCUT2D eigenvalue weighted by atomic mass is 9.83. The summed E-state index contributed by atoms with van der Waals surface area (Å²) in [5, 5.41) is 0. The molecule has 0 radical (unpaired) electrons. The summed E-state index contributed by atoms with van der Waals surface area (Å²) in [6, 6.07) is 4.81. The number of hydrogen-bond donors (Lipinski definition) is 0. The summed E-state index contributed by atoms with van der Waals surface area (Å²) >= 11 is 3.39. The second-order valence-corrected chi connectivity index (χ2v) is 8.88. The van der Waals surface area contributed by atoms with Crippen LogP contribution in [0.3, 0.4) is 0 Å². The maximum Gasteiger partial charge on any atom is 0.737 e. The van der Waals surface area contributed by atoms with Crippen LogP contribution in [-0.4, -0.2) is 21.6 Å². The Labute approximate surface area is 184 Å². The maximum atomic E-state index is 16.1. The van der Waals surface area contributed by atoms with Crippen LogP contribution in [0.4, 0.5) is 13.0 Å². The number of nitrogens with zero attached hydrogens (tertiary/aromatic N) is 2. The van der Waals surface area contributed by atoms with E-state index in [9.17, 15) is 4.39 Å². The molecule has 0 saturated heterocycles. The van der Waals surface area contributed by atoms with Crippen LogP contribution in [0.15, 0.2) is 39.5 Å². The van der Waals surface area contributed by atoms with E-state index in [1.165, 1.54) is 15.0 Å². The van der Waals surface area contributed by atoms with Gasteiger partial charge in [-0.3, -0.25) is 0 Å². The van der Waals surface area contributed by atoms with Gasteiger partial charge in [0.2, 0.25) is 0 Å². The first-order valence-corrected chi connectivity index (χ1v) is 11.1. The van der Waals surface area contributed by atoms with E-state index in [2.05, 4.69) is 15.9 Å². The Kier molecular flexibility index (Phi) is 4.96. The highest BCUT2D eigenvalue weighted by Gasteiger charge is 2.56. The van der Waals surface area contributed by atoms with E-state index in [4.69, 9.17) is 0 Å². The van der Waals surface area contributed by atoms with Crippen LogP contribution in [0.25, 0.3) is 5.57 Å². The molecular weight excluding hydrogens is 452 g/mol. The van der Waals surface area contributed by atoms with Crippen LogP contribution >= 0.6 is 15.9 Å². The van der Waals surface area contributed by atoms with Gasteiger partial charge in [0.25, 0.3) is 0 Å². The molecule has 7 heteroatoms. The van der Waals surface area contributed by atoms with Crippen LogP contribution in [0.2, 0.25) is 0 Å². The molecule has 0 fully saturated rings. The summed E-state index contributed by atoms with van der Waals surface area (Å²) in [4.78, 5) is 0. The van der Waals surface area contributed by atoms with Gasteiger partial charge < -0.3 is 17.6 Å². The monoisotopic (exact) mass is 476 g/mol. The van der Waals surface area contributed by atoms with Crippen LogP contribution in [0.1, 0.15) is 62.2 Å². The van der Waals surface area contributed by atoms with Crippen molar-refractivity contribution in [1.29, 1.82) is 0 Å². The average molecular weight is 477 g/mol. The summed E-state index contributed by atoms with van der Waals surface area (Å²) in [5.41, 5.74) is 6.93.